The van der Waals surface area contributed by atoms with Crippen molar-refractivity contribution >= 4 is 0 Å². The van der Waals surface area contributed by atoms with Crippen LogP contribution in [0.3, 0.4) is 0 Å². The molecular formula is C13H16F11NO2. The van der Waals surface area contributed by atoms with Gasteiger partial charge < -0.3 is 9.84 Å². The van der Waals surface area contributed by atoms with Gasteiger partial charge in [0.05, 0.1) is 19.3 Å². The summed E-state index contributed by atoms with van der Waals surface area (Å²) in [4.78, 5) is 1.26. The van der Waals surface area contributed by atoms with Crippen LogP contribution in [0.1, 0.15) is 6.42 Å². The van der Waals surface area contributed by atoms with Gasteiger partial charge in [0.25, 0.3) is 0 Å². The van der Waals surface area contributed by atoms with Gasteiger partial charge in [-0.25, -0.2) is 4.39 Å². The summed E-state index contributed by atoms with van der Waals surface area (Å²) in [5.41, 5.74) is 0. The summed E-state index contributed by atoms with van der Waals surface area (Å²) in [6.45, 7) is -3.76. The zero-order valence-electron chi connectivity index (χ0n) is 13.5. The summed E-state index contributed by atoms with van der Waals surface area (Å²) in [5.74, 6) is -33.7. The van der Waals surface area contributed by atoms with Crippen molar-refractivity contribution in [1.29, 1.82) is 0 Å². The van der Waals surface area contributed by atoms with Crippen LogP contribution in [0.25, 0.3) is 0 Å². The lowest BCUT2D eigenvalue weighted by Crippen LogP contribution is -2.68. The molecule has 3 nitrogen and oxygen atoms in total. The molecule has 1 unspecified atom stereocenters. The second kappa shape index (κ2) is 7.85. The molecule has 0 amide bonds. The van der Waals surface area contributed by atoms with Gasteiger partial charge in [0.2, 0.25) is 0 Å². The van der Waals surface area contributed by atoms with Gasteiger partial charge in [-0.3, -0.25) is 4.90 Å². The number of alkyl halides is 11. The van der Waals surface area contributed by atoms with Crippen molar-refractivity contribution in [2.75, 3.05) is 39.5 Å². The van der Waals surface area contributed by atoms with Crippen molar-refractivity contribution in [2.45, 2.75) is 42.1 Å². The minimum atomic E-state index is -7.31. The molecule has 162 valence electrons. The third kappa shape index (κ3) is 4.42. The molecule has 0 saturated carbocycles. The Balaban J connectivity index is 3.00. The smallest absolute Gasteiger partial charge is 0.384 e. The Morgan fingerprint density at radius 1 is 0.778 bits per heavy atom. The van der Waals surface area contributed by atoms with Crippen LogP contribution in [0, 0.1) is 0 Å². The van der Waals surface area contributed by atoms with Crippen molar-refractivity contribution < 1.29 is 58.1 Å². The van der Waals surface area contributed by atoms with Gasteiger partial charge in [-0.1, -0.05) is 0 Å². The molecule has 0 spiro atoms. The first-order valence-electron chi connectivity index (χ1n) is 7.46. The molecule has 14 heteroatoms. The number of aliphatic hydroxyl groups excluding tert-OH is 1. The van der Waals surface area contributed by atoms with Crippen LogP contribution in [-0.4, -0.2) is 85.2 Å². The van der Waals surface area contributed by atoms with E-state index in [0.29, 0.717) is 0 Å². The SMILES string of the molecule is OC(CN1CCOCC1)CC(F)(F)C(F)(F)C(F)(F)C(F)(F)C(F)(F)CF. The fraction of sp³-hybridized carbons (Fsp3) is 1.00. The Hall–Kier alpha value is -0.890. The number of hydrogen-bond donors (Lipinski definition) is 1. The van der Waals surface area contributed by atoms with E-state index in [1.807, 2.05) is 0 Å². The molecule has 0 radical (unpaired) electrons. The normalized spacial score (nSPS) is 20.0. The van der Waals surface area contributed by atoms with E-state index in [0.717, 1.165) is 0 Å². The topological polar surface area (TPSA) is 32.7 Å². The number of nitrogens with zero attached hydrogens (tertiary/aromatic N) is 1. The second-order valence-electron chi connectivity index (χ2n) is 6.04. The molecule has 0 aromatic heterocycles. The summed E-state index contributed by atoms with van der Waals surface area (Å²) >= 11 is 0. The van der Waals surface area contributed by atoms with Crippen molar-refractivity contribution in [2.24, 2.45) is 0 Å². The van der Waals surface area contributed by atoms with Gasteiger partial charge >= 0.3 is 29.6 Å². The highest BCUT2D eigenvalue weighted by atomic mass is 19.4. The Kier molecular flexibility index (Phi) is 7.02. The summed E-state index contributed by atoms with van der Waals surface area (Å²) in [6, 6.07) is 0. The molecule has 27 heavy (non-hydrogen) atoms. The Morgan fingerprint density at radius 3 is 1.67 bits per heavy atom. The van der Waals surface area contributed by atoms with Gasteiger partial charge in [-0.15, -0.1) is 0 Å². The van der Waals surface area contributed by atoms with E-state index in [9.17, 15) is 53.4 Å². The van der Waals surface area contributed by atoms with E-state index in [-0.39, 0.29) is 26.3 Å². The highest BCUT2D eigenvalue weighted by Gasteiger charge is 2.86. The number of rotatable bonds is 9. The van der Waals surface area contributed by atoms with E-state index < -0.39 is 55.4 Å². The van der Waals surface area contributed by atoms with Crippen LogP contribution < -0.4 is 0 Å². The summed E-state index contributed by atoms with van der Waals surface area (Å²) in [5, 5.41) is 9.44. The lowest BCUT2D eigenvalue weighted by Gasteiger charge is -2.39. The number of aliphatic hydroxyl groups is 1. The summed E-state index contributed by atoms with van der Waals surface area (Å²) < 4.78 is 149. The lowest BCUT2D eigenvalue weighted by atomic mass is 9.92. The molecule has 0 aromatic carbocycles. The summed E-state index contributed by atoms with van der Waals surface area (Å²) in [7, 11) is 0. The van der Waals surface area contributed by atoms with E-state index >= 15 is 0 Å². The fourth-order valence-corrected chi connectivity index (χ4v) is 2.31. The maximum atomic E-state index is 13.6. The van der Waals surface area contributed by atoms with E-state index in [2.05, 4.69) is 0 Å². The number of hydrogen-bond acceptors (Lipinski definition) is 3. The number of β-amino-alcohol motifs (C(OH)–C–C–N with tert-alkyl or cyclic N) is 1. The highest BCUT2D eigenvalue weighted by molar-refractivity contribution is 5.08. The minimum Gasteiger partial charge on any atom is -0.392 e. The van der Waals surface area contributed by atoms with Crippen LogP contribution in [0.5, 0.6) is 0 Å². The second-order valence-corrected chi connectivity index (χ2v) is 6.04. The Labute approximate surface area is 146 Å². The maximum Gasteiger partial charge on any atom is 0.384 e. The quantitative estimate of drug-likeness (QED) is 0.574. The minimum absolute atomic E-state index is 0.0932. The van der Waals surface area contributed by atoms with Crippen LogP contribution >= 0.6 is 0 Å². The fourth-order valence-electron chi connectivity index (χ4n) is 2.31. The van der Waals surface area contributed by atoms with Crippen molar-refractivity contribution in [3.05, 3.63) is 0 Å². The standard InChI is InChI=1S/C13H16F11NO2/c14-7-10(17,18)12(21,22)13(23,24)11(19,20)9(15,16)5-8(26)6-25-1-3-27-4-2-25/h8,26H,1-7H2. The monoisotopic (exact) mass is 427 g/mol. The van der Waals surface area contributed by atoms with Gasteiger partial charge in [0.15, 0.2) is 6.67 Å². The molecule has 0 bridgehead atoms. The molecule has 1 aliphatic heterocycles. The first-order chi connectivity index (χ1) is 12.0. The molecule has 1 saturated heterocycles. The van der Waals surface area contributed by atoms with Crippen LogP contribution in [-0.2, 0) is 4.74 Å². The molecular weight excluding hydrogens is 411 g/mol. The number of ether oxygens (including phenoxy) is 1. The number of morpholine rings is 1. The third-order valence-electron chi connectivity index (χ3n) is 3.94. The largest absolute Gasteiger partial charge is 0.392 e. The average molecular weight is 427 g/mol. The lowest BCUT2D eigenvalue weighted by molar-refractivity contribution is -0.404. The van der Waals surface area contributed by atoms with Crippen LogP contribution in [0.2, 0.25) is 0 Å². The first kappa shape index (κ1) is 24.1. The molecule has 1 atom stereocenters. The third-order valence-corrected chi connectivity index (χ3v) is 3.94. The molecule has 1 fully saturated rings. The van der Waals surface area contributed by atoms with Gasteiger partial charge in [-0.05, 0) is 0 Å². The predicted octanol–water partition coefficient (Wildman–Crippen LogP) is 3.22. The molecule has 0 aromatic rings. The summed E-state index contributed by atoms with van der Waals surface area (Å²) in [6.07, 6.45) is -4.78. The van der Waals surface area contributed by atoms with Crippen molar-refractivity contribution in [3.63, 3.8) is 0 Å². The highest BCUT2D eigenvalue weighted by Crippen LogP contribution is 2.57. The molecule has 1 N–H and O–H groups in total. The molecule has 1 heterocycles. The van der Waals surface area contributed by atoms with Crippen LogP contribution in [0.4, 0.5) is 48.3 Å². The van der Waals surface area contributed by atoms with Crippen molar-refractivity contribution in [3.8, 4) is 0 Å². The van der Waals surface area contributed by atoms with Gasteiger partial charge in [0.1, 0.15) is 0 Å². The molecule has 1 aliphatic rings. The molecule has 1 rings (SSSR count). The van der Waals surface area contributed by atoms with Gasteiger partial charge in [-0.2, -0.15) is 43.9 Å². The van der Waals surface area contributed by atoms with Crippen LogP contribution in [0.15, 0.2) is 0 Å². The predicted molar refractivity (Wildman–Crippen MR) is 68.6 cm³/mol. The zero-order chi connectivity index (χ0) is 21.3. The maximum absolute atomic E-state index is 13.6. The van der Waals surface area contributed by atoms with Gasteiger partial charge in [0, 0.05) is 26.1 Å². The zero-order valence-corrected chi connectivity index (χ0v) is 13.5. The molecule has 0 aliphatic carbocycles. The Bertz CT molecular complexity index is 495. The van der Waals surface area contributed by atoms with E-state index in [1.54, 1.807) is 0 Å². The van der Waals surface area contributed by atoms with Crippen molar-refractivity contribution in [1.82, 2.24) is 4.90 Å². The van der Waals surface area contributed by atoms with E-state index in [1.165, 1.54) is 4.90 Å². The van der Waals surface area contributed by atoms with E-state index in [4.69, 9.17) is 4.74 Å². The average Bonchev–Trinajstić information content (AvgIpc) is 2.54. The number of halogens is 11. The Morgan fingerprint density at radius 2 is 1.22 bits per heavy atom. The first-order valence-corrected chi connectivity index (χ1v) is 7.46.